The third kappa shape index (κ3) is 2.64. The summed E-state index contributed by atoms with van der Waals surface area (Å²) < 4.78 is 7.39. The maximum absolute atomic E-state index is 13.1. The Morgan fingerprint density at radius 1 is 1.38 bits per heavy atom. The van der Waals surface area contributed by atoms with Gasteiger partial charge in [-0.2, -0.15) is 0 Å². The van der Waals surface area contributed by atoms with Crippen LogP contribution in [0.5, 0.6) is 0 Å². The first kappa shape index (κ1) is 17.2. The lowest BCUT2D eigenvalue weighted by molar-refractivity contribution is 0.0721. The molecule has 0 N–H and O–H groups in total. The highest BCUT2D eigenvalue weighted by Crippen LogP contribution is 2.55. The number of aryl methyl sites for hydroxylation is 2. The average Bonchev–Trinajstić information content (AvgIpc) is 3.23. The van der Waals surface area contributed by atoms with Crippen molar-refractivity contribution in [1.82, 2.24) is 24.8 Å². The Balaban J connectivity index is 1.63. The van der Waals surface area contributed by atoms with Crippen molar-refractivity contribution in [3.8, 4) is 0 Å². The molecule has 1 unspecified atom stereocenters. The van der Waals surface area contributed by atoms with Gasteiger partial charge in [-0.3, -0.25) is 4.79 Å². The van der Waals surface area contributed by atoms with Crippen molar-refractivity contribution in [3.05, 3.63) is 29.2 Å². The van der Waals surface area contributed by atoms with E-state index in [0.717, 1.165) is 31.8 Å². The first-order chi connectivity index (χ1) is 12.4. The molecule has 1 saturated heterocycles. The van der Waals surface area contributed by atoms with Crippen LogP contribution in [0, 0.1) is 25.2 Å². The molecule has 0 radical (unpaired) electrons. The van der Waals surface area contributed by atoms with E-state index in [-0.39, 0.29) is 17.2 Å². The Morgan fingerprint density at radius 2 is 2.15 bits per heavy atom. The smallest absolute Gasteiger partial charge is 0.259 e. The Kier molecular flexibility index (Phi) is 4.12. The Hall–Kier alpha value is -2.18. The van der Waals surface area contributed by atoms with E-state index in [2.05, 4.69) is 33.8 Å². The molecule has 0 bridgehead atoms. The summed E-state index contributed by atoms with van der Waals surface area (Å²) in [7, 11) is 0. The molecule has 3 heterocycles. The lowest BCUT2D eigenvalue weighted by Gasteiger charge is -2.42. The van der Waals surface area contributed by atoms with Crippen molar-refractivity contribution in [1.29, 1.82) is 0 Å². The molecule has 26 heavy (non-hydrogen) atoms. The average molecular weight is 357 g/mol. The summed E-state index contributed by atoms with van der Waals surface area (Å²) in [5.41, 5.74) is 1.43. The van der Waals surface area contributed by atoms with E-state index < -0.39 is 0 Å². The van der Waals surface area contributed by atoms with Crippen LogP contribution in [0.4, 0.5) is 0 Å². The minimum atomic E-state index is 0.0324. The second kappa shape index (κ2) is 6.21. The summed E-state index contributed by atoms with van der Waals surface area (Å²) in [5, 5.41) is 12.6. The van der Waals surface area contributed by atoms with E-state index in [9.17, 15) is 4.79 Å². The van der Waals surface area contributed by atoms with Crippen LogP contribution in [-0.4, -0.2) is 43.8 Å². The van der Waals surface area contributed by atoms with E-state index in [0.29, 0.717) is 29.5 Å². The van der Waals surface area contributed by atoms with Gasteiger partial charge in [0, 0.05) is 25.6 Å². The Bertz CT molecular complexity index is 798. The minimum absolute atomic E-state index is 0.0324. The van der Waals surface area contributed by atoms with Crippen LogP contribution in [0.25, 0.3) is 0 Å². The highest BCUT2D eigenvalue weighted by molar-refractivity contribution is 5.96. The summed E-state index contributed by atoms with van der Waals surface area (Å²) >= 11 is 0. The standard InChI is InChI=1S/C19H27N5O2/c1-12(2)8-24-11-20-21-17(24)15-9-23(10-19(15)6-5-7-19)18(25)16-13(3)22-26-14(16)4/h11-12,15H,5-10H2,1-4H3. The van der Waals surface area contributed by atoms with Crippen molar-refractivity contribution >= 4 is 5.91 Å². The Labute approximate surface area is 153 Å². The maximum Gasteiger partial charge on any atom is 0.259 e. The number of carbonyl (C=O) groups excluding carboxylic acids is 1. The predicted octanol–water partition coefficient (Wildman–Crippen LogP) is 2.95. The van der Waals surface area contributed by atoms with Gasteiger partial charge in [-0.25, -0.2) is 0 Å². The van der Waals surface area contributed by atoms with Crippen LogP contribution in [0.15, 0.2) is 10.9 Å². The quantitative estimate of drug-likeness (QED) is 0.841. The summed E-state index contributed by atoms with van der Waals surface area (Å²) in [6.07, 6.45) is 5.36. The van der Waals surface area contributed by atoms with Gasteiger partial charge in [-0.05, 0) is 38.0 Å². The predicted molar refractivity (Wildman–Crippen MR) is 95.8 cm³/mol. The van der Waals surface area contributed by atoms with Crippen molar-refractivity contribution in [3.63, 3.8) is 0 Å². The molecule has 7 heteroatoms. The minimum Gasteiger partial charge on any atom is -0.361 e. The number of hydrogen-bond acceptors (Lipinski definition) is 5. The summed E-state index contributed by atoms with van der Waals surface area (Å²) in [6, 6.07) is 0. The topological polar surface area (TPSA) is 77.1 Å². The van der Waals surface area contributed by atoms with E-state index in [1.807, 2.05) is 18.2 Å². The largest absolute Gasteiger partial charge is 0.361 e. The van der Waals surface area contributed by atoms with Gasteiger partial charge in [-0.1, -0.05) is 25.4 Å². The first-order valence-electron chi connectivity index (χ1n) is 9.51. The zero-order valence-electron chi connectivity index (χ0n) is 16.0. The zero-order valence-corrected chi connectivity index (χ0v) is 16.0. The Morgan fingerprint density at radius 3 is 2.73 bits per heavy atom. The van der Waals surface area contributed by atoms with Gasteiger partial charge in [0.1, 0.15) is 23.5 Å². The number of aromatic nitrogens is 4. The number of amides is 1. The van der Waals surface area contributed by atoms with Crippen molar-refractivity contribution in [2.24, 2.45) is 11.3 Å². The number of rotatable bonds is 4. The SMILES string of the molecule is Cc1noc(C)c1C(=O)N1CC(c2nncn2CC(C)C)C2(CCC2)C1. The molecule has 1 aliphatic carbocycles. The van der Waals surface area contributed by atoms with Gasteiger partial charge in [0.25, 0.3) is 5.91 Å². The molecule has 4 rings (SSSR count). The number of carbonyl (C=O) groups is 1. The normalized spacial score (nSPS) is 21.6. The van der Waals surface area contributed by atoms with Crippen LogP contribution >= 0.6 is 0 Å². The third-order valence-corrected chi connectivity index (χ3v) is 6.05. The fraction of sp³-hybridized carbons (Fsp3) is 0.684. The second-order valence-electron chi connectivity index (χ2n) is 8.39. The van der Waals surface area contributed by atoms with Gasteiger partial charge in [0.15, 0.2) is 0 Å². The molecule has 1 aliphatic heterocycles. The van der Waals surface area contributed by atoms with Crippen LogP contribution in [-0.2, 0) is 6.54 Å². The lowest BCUT2D eigenvalue weighted by atomic mass is 9.62. The maximum atomic E-state index is 13.1. The zero-order chi connectivity index (χ0) is 18.5. The highest BCUT2D eigenvalue weighted by atomic mass is 16.5. The van der Waals surface area contributed by atoms with Crippen molar-refractivity contribution < 1.29 is 9.32 Å². The molecule has 2 aromatic heterocycles. The fourth-order valence-electron chi connectivity index (χ4n) is 4.63. The molecule has 7 nitrogen and oxygen atoms in total. The van der Waals surface area contributed by atoms with Gasteiger partial charge >= 0.3 is 0 Å². The summed E-state index contributed by atoms with van der Waals surface area (Å²) in [4.78, 5) is 15.1. The second-order valence-corrected chi connectivity index (χ2v) is 8.39. The molecule has 1 atom stereocenters. The van der Waals surface area contributed by atoms with Crippen LogP contribution in [0.2, 0.25) is 0 Å². The molecule has 140 valence electrons. The van der Waals surface area contributed by atoms with E-state index in [4.69, 9.17) is 4.52 Å². The molecule has 2 aromatic rings. The molecule has 1 saturated carbocycles. The monoisotopic (exact) mass is 357 g/mol. The summed E-state index contributed by atoms with van der Waals surface area (Å²) in [5.74, 6) is 2.45. The molecule has 0 aromatic carbocycles. The molecule has 2 aliphatic rings. The summed E-state index contributed by atoms with van der Waals surface area (Å²) in [6.45, 7) is 10.4. The van der Waals surface area contributed by atoms with E-state index in [1.165, 1.54) is 6.42 Å². The van der Waals surface area contributed by atoms with Gasteiger partial charge < -0.3 is 14.0 Å². The van der Waals surface area contributed by atoms with Crippen molar-refractivity contribution in [2.45, 2.75) is 59.4 Å². The van der Waals surface area contributed by atoms with Crippen LogP contribution in [0.1, 0.15) is 66.7 Å². The number of likely N-dealkylation sites (tertiary alicyclic amines) is 1. The van der Waals surface area contributed by atoms with Gasteiger partial charge in [0.05, 0.1) is 5.69 Å². The van der Waals surface area contributed by atoms with E-state index in [1.54, 1.807) is 6.92 Å². The third-order valence-electron chi connectivity index (χ3n) is 6.05. The molecular weight excluding hydrogens is 330 g/mol. The number of hydrogen-bond donors (Lipinski definition) is 0. The van der Waals surface area contributed by atoms with Gasteiger partial charge in [-0.15, -0.1) is 10.2 Å². The first-order valence-corrected chi connectivity index (χ1v) is 9.51. The molecular formula is C19H27N5O2. The van der Waals surface area contributed by atoms with Crippen LogP contribution in [0.3, 0.4) is 0 Å². The lowest BCUT2D eigenvalue weighted by Crippen LogP contribution is -2.38. The molecule has 1 amide bonds. The van der Waals surface area contributed by atoms with E-state index >= 15 is 0 Å². The highest BCUT2D eigenvalue weighted by Gasteiger charge is 2.54. The fourth-order valence-corrected chi connectivity index (χ4v) is 4.63. The molecule has 2 fully saturated rings. The van der Waals surface area contributed by atoms with Crippen molar-refractivity contribution in [2.75, 3.05) is 13.1 Å². The van der Waals surface area contributed by atoms with Gasteiger partial charge in [0.2, 0.25) is 0 Å². The molecule has 1 spiro atoms. The van der Waals surface area contributed by atoms with Crippen LogP contribution < -0.4 is 0 Å². The number of nitrogens with zero attached hydrogens (tertiary/aromatic N) is 5.